The first-order valence-corrected chi connectivity index (χ1v) is 4.89. The van der Waals surface area contributed by atoms with Crippen molar-refractivity contribution in [1.82, 2.24) is 10.2 Å². The van der Waals surface area contributed by atoms with Gasteiger partial charge in [-0.3, -0.25) is 4.79 Å². The van der Waals surface area contributed by atoms with Gasteiger partial charge in [-0.2, -0.15) is 0 Å². The molecule has 5 nitrogen and oxygen atoms in total. The Morgan fingerprint density at radius 3 is 3.14 bits per heavy atom. The van der Waals surface area contributed by atoms with Gasteiger partial charge in [0.1, 0.15) is 0 Å². The van der Waals surface area contributed by atoms with E-state index in [1.54, 1.807) is 11.8 Å². The van der Waals surface area contributed by atoms with Crippen LogP contribution >= 0.6 is 0 Å². The van der Waals surface area contributed by atoms with E-state index in [4.69, 9.17) is 4.74 Å². The van der Waals surface area contributed by atoms with Crippen LogP contribution in [0.3, 0.4) is 0 Å². The molecule has 1 aliphatic rings. The normalized spacial score (nSPS) is 21.5. The summed E-state index contributed by atoms with van der Waals surface area (Å²) in [6.45, 7) is 3.50. The Kier molecular flexibility index (Phi) is 4.22. The summed E-state index contributed by atoms with van der Waals surface area (Å²) in [5.74, 6) is 0. The van der Waals surface area contributed by atoms with Crippen molar-refractivity contribution >= 4 is 12.5 Å². The summed E-state index contributed by atoms with van der Waals surface area (Å²) in [5, 5.41) is 2.72. The maximum Gasteiger partial charge on any atom is 0.407 e. The predicted octanol–water partition coefficient (Wildman–Crippen LogP) is 0.353. The van der Waals surface area contributed by atoms with Gasteiger partial charge >= 0.3 is 6.09 Å². The maximum atomic E-state index is 11.1. The van der Waals surface area contributed by atoms with E-state index in [2.05, 4.69) is 5.32 Å². The topological polar surface area (TPSA) is 58.6 Å². The summed E-state index contributed by atoms with van der Waals surface area (Å²) >= 11 is 0. The first-order valence-electron chi connectivity index (χ1n) is 4.89. The number of hydrogen-bond donors (Lipinski definition) is 1. The monoisotopic (exact) mass is 200 g/mol. The highest BCUT2D eigenvalue weighted by Crippen LogP contribution is 2.08. The van der Waals surface area contributed by atoms with E-state index >= 15 is 0 Å². The molecule has 1 fully saturated rings. The van der Waals surface area contributed by atoms with E-state index in [1.807, 2.05) is 0 Å². The molecule has 1 atom stereocenters. The Hall–Kier alpha value is -1.26. The van der Waals surface area contributed by atoms with Crippen molar-refractivity contribution in [3.05, 3.63) is 0 Å². The third-order valence-corrected chi connectivity index (χ3v) is 2.20. The van der Waals surface area contributed by atoms with Crippen LogP contribution in [0.2, 0.25) is 0 Å². The van der Waals surface area contributed by atoms with Crippen LogP contribution < -0.4 is 5.32 Å². The number of ether oxygens (including phenoxy) is 1. The van der Waals surface area contributed by atoms with Gasteiger partial charge < -0.3 is 15.0 Å². The molecule has 1 rings (SSSR count). The molecule has 0 spiro atoms. The van der Waals surface area contributed by atoms with Crippen molar-refractivity contribution in [1.29, 1.82) is 0 Å². The minimum absolute atomic E-state index is 0.0352. The van der Waals surface area contributed by atoms with Crippen LogP contribution in [0.1, 0.15) is 19.8 Å². The zero-order valence-electron chi connectivity index (χ0n) is 8.36. The van der Waals surface area contributed by atoms with Crippen molar-refractivity contribution in [3.8, 4) is 0 Å². The summed E-state index contributed by atoms with van der Waals surface area (Å²) in [7, 11) is 0. The molecule has 0 aromatic carbocycles. The first kappa shape index (κ1) is 10.8. The molecule has 0 aromatic rings. The minimum atomic E-state index is -0.398. The second-order valence-corrected chi connectivity index (χ2v) is 3.30. The van der Waals surface area contributed by atoms with Crippen LogP contribution in [0.15, 0.2) is 0 Å². The van der Waals surface area contributed by atoms with Crippen LogP contribution in [0, 0.1) is 0 Å². The van der Waals surface area contributed by atoms with Gasteiger partial charge in [0.15, 0.2) is 0 Å². The molecule has 2 amide bonds. The number of nitrogens with zero attached hydrogens (tertiary/aromatic N) is 1. The van der Waals surface area contributed by atoms with Crippen LogP contribution in [0.25, 0.3) is 0 Å². The summed E-state index contributed by atoms with van der Waals surface area (Å²) in [5.41, 5.74) is 0. The van der Waals surface area contributed by atoms with Gasteiger partial charge in [0.2, 0.25) is 6.41 Å². The quantitative estimate of drug-likeness (QED) is 0.669. The minimum Gasteiger partial charge on any atom is -0.450 e. The molecule has 1 saturated heterocycles. The summed E-state index contributed by atoms with van der Waals surface area (Å²) in [6.07, 6.45) is 2.25. The van der Waals surface area contributed by atoms with Gasteiger partial charge in [0.25, 0.3) is 0 Å². The van der Waals surface area contributed by atoms with Crippen molar-refractivity contribution in [2.24, 2.45) is 0 Å². The fourth-order valence-corrected chi connectivity index (χ4v) is 1.56. The molecule has 0 aliphatic carbocycles. The Morgan fingerprint density at radius 2 is 2.50 bits per heavy atom. The van der Waals surface area contributed by atoms with Crippen LogP contribution in [-0.4, -0.2) is 43.1 Å². The maximum absolute atomic E-state index is 11.1. The number of carbonyl (C=O) groups excluding carboxylic acids is 2. The van der Waals surface area contributed by atoms with Crippen molar-refractivity contribution < 1.29 is 14.3 Å². The first-order chi connectivity index (χ1) is 6.76. The van der Waals surface area contributed by atoms with E-state index < -0.39 is 6.09 Å². The summed E-state index contributed by atoms with van der Waals surface area (Å²) < 4.78 is 4.76. The molecule has 0 bridgehead atoms. The second kappa shape index (κ2) is 5.47. The molecule has 80 valence electrons. The second-order valence-electron chi connectivity index (χ2n) is 3.30. The van der Waals surface area contributed by atoms with Crippen LogP contribution in [0.5, 0.6) is 0 Å². The molecule has 1 N–H and O–H groups in total. The highest BCUT2D eigenvalue weighted by Gasteiger charge is 2.20. The molecule has 0 saturated carbocycles. The Morgan fingerprint density at radius 1 is 1.71 bits per heavy atom. The molecule has 1 heterocycles. The summed E-state index contributed by atoms with van der Waals surface area (Å²) in [4.78, 5) is 23.2. The fraction of sp³-hybridized carbons (Fsp3) is 0.778. The Labute approximate surface area is 83.4 Å². The third kappa shape index (κ3) is 3.24. The number of piperidine rings is 1. The molecule has 1 aliphatic heterocycles. The number of carbonyl (C=O) groups is 2. The van der Waals surface area contributed by atoms with Crippen molar-refractivity contribution in [2.45, 2.75) is 25.8 Å². The van der Waals surface area contributed by atoms with Gasteiger partial charge in [0, 0.05) is 19.1 Å². The lowest BCUT2D eigenvalue weighted by atomic mass is 10.1. The van der Waals surface area contributed by atoms with Gasteiger partial charge in [-0.05, 0) is 19.8 Å². The standard InChI is InChI=1S/C9H16N2O3/c1-2-14-9(13)10-8-4-3-5-11(6-8)7-12/h7-8H,2-6H2,1H3,(H,10,13). The Bertz CT molecular complexity index is 208. The number of hydrogen-bond acceptors (Lipinski definition) is 3. The SMILES string of the molecule is CCOC(=O)NC1CCCN(C=O)C1. The van der Waals surface area contributed by atoms with E-state index in [0.29, 0.717) is 13.2 Å². The molecule has 5 heteroatoms. The predicted molar refractivity (Wildman–Crippen MR) is 50.8 cm³/mol. The van der Waals surface area contributed by atoms with Crippen LogP contribution in [0.4, 0.5) is 4.79 Å². The number of likely N-dealkylation sites (tertiary alicyclic amines) is 1. The number of amides is 2. The van der Waals surface area contributed by atoms with E-state index in [-0.39, 0.29) is 6.04 Å². The van der Waals surface area contributed by atoms with Crippen molar-refractivity contribution in [2.75, 3.05) is 19.7 Å². The lowest BCUT2D eigenvalue weighted by molar-refractivity contribution is -0.119. The smallest absolute Gasteiger partial charge is 0.407 e. The average Bonchev–Trinajstić information content (AvgIpc) is 2.18. The highest BCUT2D eigenvalue weighted by atomic mass is 16.5. The molecule has 14 heavy (non-hydrogen) atoms. The molecule has 1 unspecified atom stereocenters. The van der Waals surface area contributed by atoms with E-state index in [9.17, 15) is 9.59 Å². The number of alkyl carbamates (subject to hydrolysis) is 1. The van der Waals surface area contributed by atoms with Crippen LogP contribution in [-0.2, 0) is 9.53 Å². The zero-order chi connectivity index (χ0) is 10.4. The Balaban J connectivity index is 2.29. The number of nitrogens with one attached hydrogen (secondary N) is 1. The zero-order valence-corrected chi connectivity index (χ0v) is 8.36. The number of rotatable bonds is 3. The molecule has 0 radical (unpaired) electrons. The van der Waals surface area contributed by atoms with Gasteiger partial charge in [-0.1, -0.05) is 0 Å². The lowest BCUT2D eigenvalue weighted by Crippen LogP contribution is -2.47. The average molecular weight is 200 g/mol. The van der Waals surface area contributed by atoms with E-state index in [1.165, 1.54) is 0 Å². The molecular weight excluding hydrogens is 184 g/mol. The summed E-state index contributed by atoms with van der Waals surface area (Å²) in [6, 6.07) is 0.0352. The fourth-order valence-electron chi connectivity index (χ4n) is 1.56. The largest absolute Gasteiger partial charge is 0.450 e. The van der Waals surface area contributed by atoms with Gasteiger partial charge in [-0.25, -0.2) is 4.79 Å². The molecule has 0 aromatic heterocycles. The highest BCUT2D eigenvalue weighted by molar-refractivity contribution is 5.67. The van der Waals surface area contributed by atoms with Crippen molar-refractivity contribution in [3.63, 3.8) is 0 Å². The third-order valence-electron chi connectivity index (χ3n) is 2.20. The molecular formula is C9H16N2O3. The van der Waals surface area contributed by atoms with Gasteiger partial charge in [0.05, 0.1) is 6.61 Å². The lowest BCUT2D eigenvalue weighted by Gasteiger charge is -2.29. The van der Waals surface area contributed by atoms with Gasteiger partial charge in [-0.15, -0.1) is 0 Å². The van der Waals surface area contributed by atoms with E-state index in [0.717, 1.165) is 25.8 Å².